The number of carbonyl (C=O) groups excluding carboxylic acids is 2. The molecule has 0 aromatic carbocycles. The van der Waals surface area contributed by atoms with E-state index in [0.717, 1.165) is 24.0 Å². The van der Waals surface area contributed by atoms with Gasteiger partial charge in [0.15, 0.2) is 0 Å². The molecule has 1 N–H and O–H groups in total. The van der Waals surface area contributed by atoms with E-state index < -0.39 is 18.2 Å². The lowest BCUT2D eigenvalue weighted by molar-refractivity contribution is -0.148. The van der Waals surface area contributed by atoms with E-state index in [1.54, 1.807) is 13.8 Å². The number of allylic oxidation sites excluding steroid dienone is 1. The van der Waals surface area contributed by atoms with Crippen LogP contribution in [-0.4, -0.2) is 35.9 Å². The van der Waals surface area contributed by atoms with Crippen LogP contribution < -0.4 is 0 Å². The zero-order valence-electron chi connectivity index (χ0n) is 14.6. The number of aliphatic hydroxyl groups is 1. The molecule has 0 spiro atoms. The Labute approximate surface area is 143 Å². The van der Waals surface area contributed by atoms with Gasteiger partial charge in [0, 0.05) is 12.0 Å². The first kappa shape index (κ1) is 18.5. The second-order valence-corrected chi connectivity index (χ2v) is 6.77. The van der Waals surface area contributed by atoms with Gasteiger partial charge in [-0.25, -0.2) is 4.79 Å². The number of fused-ring (bicyclic) bond motifs is 1. The number of esters is 2. The third kappa shape index (κ3) is 4.15. The van der Waals surface area contributed by atoms with E-state index >= 15 is 0 Å². The molecule has 132 valence electrons. The minimum absolute atomic E-state index is 0.0712. The van der Waals surface area contributed by atoms with E-state index in [4.69, 9.17) is 9.47 Å². The molecule has 4 unspecified atom stereocenters. The molecule has 0 aromatic rings. The highest BCUT2D eigenvalue weighted by Crippen LogP contribution is 2.37. The summed E-state index contributed by atoms with van der Waals surface area (Å²) in [5.41, 5.74) is 2.26. The molecule has 1 fully saturated rings. The van der Waals surface area contributed by atoms with Crippen LogP contribution in [0, 0.1) is 11.8 Å². The molecule has 0 saturated carbocycles. The second-order valence-electron chi connectivity index (χ2n) is 6.77. The zero-order valence-corrected chi connectivity index (χ0v) is 14.6. The van der Waals surface area contributed by atoms with Gasteiger partial charge in [-0.2, -0.15) is 0 Å². The van der Waals surface area contributed by atoms with Crippen LogP contribution in [0.25, 0.3) is 0 Å². The van der Waals surface area contributed by atoms with Crippen LogP contribution in [0.15, 0.2) is 35.5 Å². The van der Waals surface area contributed by atoms with Crippen molar-refractivity contribution in [1.82, 2.24) is 0 Å². The number of aliphatic hydroxyl groups excluding tert-OH is 1. The Balaban J connectivity index is 2.39. The predicted octanol–water partition coefficient (Wildman–Crippen LogP) is 2.70. The summed E-state index contributed by atoms with van der Waals surface area (Å²) in [6.45, 7) is 8.95. The molecule has 5 heteroatoms. The van der Waals surface area contributed by atoms with Crippen molar-refractivity contribution in [3.63, 3.8) is 0 Å². The van der Waals surface area contributed by atoms with Crippen molar-refractivity contribution in [3.8, 4) is 0 Å². The first-order valence-electron chi connectivity index (χ1n) is 8.36. The molecule has 5 nitrogen and oxygen atoms in total. The van der Waals surface area contributed by atoms with Gasteiger partial charge in [0.2, 0.25) is 0 Å². The molecular weight excluding hydrogens is 308 g/mol. The molecule has 2 aliphatic rings. The fourth-order valence-corrected chi connectivity index (χ4v) is 3.29. The van der Waals surface area contributed by atoms with Crippen molar-refractivity contribution in [3.05, 3.63) is 35.5 Å². The smallest absolute Gasteiger partial charge is 0.333 e. The van der Waals surface area contributed by atoms with Crippen molar-refractivity contribution in [2.24, 2.45) is 11.8 Å². The molecule has 1 aliphatic carbocycles. The first-order valence-corrected chi connectivity index (χ1v) is 8.36. The predicted molar refractivity (Wildman–Crippen MR) is 90.0 cm³/mol. The monoisotopic (exact) mass is 334 g/mol. The van der Waals surface area contributed by atoms with E-state index in [2.05, 4.69) is 12.7 Å². The zero-order chi connectivity index (χ0) is 17.9. The van der Waals surface area contributed by atoms with Gasteiger partial charge in [-0.3, -0.25) is 4.79 Å². The van der Waals surface area contributed by atoms with Crippen molar-refractivity contribution < 1.29 is 24.2 Å². The van der Waals surface area contributed by atoms with Gasteiger partial charge >= 0.3 is 11.9 Å². The third-order valence-electron chi connectivity index (χ3n) is 4.70. The Hall–Kier alpha value is -1.88. The SMILES string of the molecule is C=C(C)C(=O)OC1CC(C)=CCCC(CO)=CC2OC(=O)C(C)C21. The van der Waals surface area contributed by atoms with E-state index in [-0.39, 0.29) is 24.4 Å². The molecule has 1 saturated heterocycles. The van der Waals surface area contributed by atoms with Crippen LogP contribution in [0.5, 0.6) is 0 Å². The summed E-state index contributed by atoms with van der Waals surface area (Å²) >= 11 is 0. The fraction of sp³-hybridized carbons (Fsp3) is 0.579. The quantitative estimate of drug-likeness (QED) is 0.488. The van der Waals surface area contributed by atoms with E-state index in [1.165, 1.54) is 0 Å². The molecule has 24 heavy (non-hydrogen) atoms. The Morgan fingerprint density at radius 2 is 2.21 bits per heavy atom. The topological polar surface area (TPSA) is 72.8 Å². The van der Waals surface area contributed by atoms with Crippen LogP contribution in [0.3, 0.4) is 0 Å². The molecule has 1 aliphatic heterocycles. The first-order chi connectivity index (χ1) is 11.3. The van der Waals surface area contributed by atoms with Crippen LogP contribution in [0.2, 0.25) is 0 Å². The summed E-state index contributed by atoms with van der Waals surface area (Å²) in [5, 5.41) is 9.55. The minimum Gasteiger partial charge on any atom is -0.458 e. The van der Waals surface area contributed by atoms with Gasteiger partial charge in [0.1, 0.15) is 12.2 Å². The van der Waals surface area contributed by atoms with Crippen LogP contribution in [0.1, 0.15) is 40.0 Å². The number of hydrogen-bond donors (Lipinski definition) is 1. The van der Waals surface area contributed by atoms with E-state index in [9.17, 15) is 14.7 Å². The third-order valence-corrected chi connectivity index (χ3v) is 4.70. The van der Waals surface area contributed by atoms with Crippen molar-refractivity contribution >= 4 is 11.9 Å². The van der Waals surface area contributed by atoms with Crippen molar-refractivity contribution in [1.29, 1.82) is 0 Å². The van der Waals surface area contributed by atoms with Gasteiger partial charge in [0.25, 0.3) is 0 Å². The van der Waals surface area contributed by atoms with Gasteiger partial charge in [-0.1, -0.05) is 25.2 Å². The van der Waals surface area contributed by atoms with Crippen LogP contribution >= 0.6 is 0 Å². The maximum absolute atomic E-state index is 12.1. The molecule has 0 radical (unpaired) electrons. The fourth-order valence-electron chi connectivity index (χ4n) is 3.29. The standard InChI is InChI=1S/C19H26O5/c1-11(2)18(21)23-15-8-12(3)6-5-7-14(10-20)9-16-17(15)13(4)19(22)24-16/h6,9,13,15-17,20H,1,5,7-8,10H2,2-4H3. The summed E-state index contributed by atoms with van der Waals surface area (Å²) in [6, 6.07) is 0. The van der Waals surface area contributed by atoms with Gasteiger partial charge in [-0.15, -0.1) is 0 Å². The summed E-state index contributed by atoms with van der Waals surface area (Å²) in [5.74, 6) is -1.40. The number of rotatable bonds is 3. The van der Waals surface area contributed by atoms with Crippen molar-refractivity contribution in [2.45, 2.75) is 52.2 Å². The number of ether oxygens (including phenoxy) is 2. The molecule has 4 atom stereocenters. The van der Waals surface area contributed by atoms with Crippen LogP contribution in [0.4, 0.5) is 0 Å². The average Bonchev–Trinajstić information content (AvgIpc) is 2.79. The molecular formula is C19H26O5. The van der Waals surface area contributed by atoms with Gasteiger partial charge < -0.3 is 14.6 Å². The minimum atomic E-state index is -0.483. The van der Waals surface area contributed by atoms with Gasteiger partial charge in [-0.05, 0) is 38.3 Å². The lowest BCUT2D eigenvalue weighted by Crippen LogP contribution is -2.36. The molecule has 1 heterocycles. The lowest BCUT2D eigenvalue weighted by Gasteiger charge is -2.29. The summed E-state index contributed by atoms with van der Waals surface area (Å²) < 4.78 is 11.1. The van der Waals surface area contributed by atoms with Crippen molar-refractivity contribution in [2.75, 3.05) is 6.61 Å². The normalized spacial score (nSPS) is 30.6. The maximum atomic E-state index is 12.1. The molecule has 0 bridgehead atoms. The Bertz CT molecular complexity index is 587. The number of hydrogen-bond acceptors (Lipinski definition) is 5. The summed E-state index contributed by atoms with van der Waals surface area (Å²) in [7, 11) is 0. The average molecular weight is 334 g/mol. The highest BCUT2D eigenvalue weighted by molar-refractivity contribution is 5.87. The molecule has 0 aromatic heterocycles. The second kappa shape index (κ2) is 7.79. The highest BCUT2D eigenvalue weighted by atomic mass is 16.6. The van der Waals surface area contributed by atoms with Gasteiger partial charge in [0.05, 0.1) is 18.4 Å². The molecule has 0 amide bonds. The summed E-state index contributed by atoms with van der Waals surface area (Å²) in [6.07, 6.45) is 5.04. The Morgan fingerprint density at radius 1 is 1.50 bits per heavy atom. The highest BCUT2D eigenvalue weighted by Gasteiger charge is 2.47. The number of carbonyl (C=O) groups is 2. The van der Waals surface area contributed by atoms with E-state index in [1.807, 2.05) is 13.0 Å². The largest absolute Gasteiger partial charge is 0.458 e. The molecule has 2 rings (SSSR count). The maximum Gasteiger partial charge on any atom is 0.333 e. The lowest BCUT2D eigenvalue weighted by atomic mass is 9.82. The summed E-state index contributed by atoms with van der Waals surface area (Å²) in [4.78, 5) is 24.1. The Morgan fingerprint density at radius 3 is 2.83 bits per heavy atom. The Kier molecular flexibility index (Phi) is 5.99. The van der Waals surface area contributed by atoms with Crippen LogP contribution in [-0.2, 0) is 19.1 Å². The van der Waals surface area contributed by atoms with E-state index in [0.29, 0.717) is 12.0 Å².